The van der Waals surface area contributed by atoms with Crippen LogP contribution in [0.4, 0.5) is 18.9 Å². The maximum absolute atomic E-state index is 12.7. The Balaban J connectivity index is 1.54. The number of halogens is 3. The second-order valence-corrected chi connectivity index (χ2v) is 6.92. The molecular formula is C15H20F3N3. The molecule has 116 valence electrons. The average Bonchev–Trinajstić information content (AvgIpc) is 2.84. The molecule has 0 aliphatic heterocycles. The Labute approximate surface area is 121 Å². The van der Waals surface area contributed by atoms with Crippen LogP contribution in [0.15, 0.2) is 6.20 Å². The van der Waals surface area contributed by atoms with Gasteiger partial charge in [-0.05, 0) is 43.9 Å². The highest BCUT2D eigenvalue weighted by atomic mass is 19.4. The maximum atomic E-state index is 12.7. The molecule has 1 aromatic heterocycles. The maximum Gasteiger partial charge on any atom is 0.408 e. The zero-order valence-corrected chi connectivity index (χ0v) is 11.9. The highest BCUT2D eigenvalue weighted by Crippen LogP contribution is 2.48. The van der Waals surface area contributed by atoms with Gasteiger partial charge < -0.3 is 5.32 Å². The fourth-order valence-electron chi connectivity index (χ4n) is 4.21. The molecule has 3 fully saturated rings. The first-order valence-electron chi connectivity index (χ1n) is 7.88. The van der Waals surface area contributed by atoms with Crippen molar-refractivity contribution >= 4 is 5.69 Å². The van der Waals surface area contributed by atoms with Gasteiger partial charge in [0.2, 0.25) is 0 Å². The van der Waals surface area contributed by atoms with Gasteiger partial charge in [0.05, 0.1) is 17.6 Å². The van der Waals surface area contributed by atoms with Crippen molar-refractivity contribution in [1.82, 2.24) is 9.78 Å². The minimum Gasteiger partial charge on any atom is -0.379 e. The standard InChI is InChI=1S/C15H20F3N3/c16-15(17,18)8-21-14(10-3-4-10)13(7-19-21)20-12-6-9-1-2-11(12)5-9/h7,9-12,20H,1-6,8H2. The summed E-state index contributed by atoms with van der Waals surface area (Å²) >= 11 is 0. The summed E-state index contributed by atoms with van der Waals surface area (Å²) < 4.78 is 39.1. The van der Waals surface area contributed by atoms with Gasteiger partial charge in [-0.25, -0.2) is 0 Å². The normalized spacial score (nSPS) is 31.9. The van der Waals surface area contributed by atoms with E-state index in [0.29, 0.717) is 12.0 Å². The molecule has 0 aromatic carbocycles. The van der Waals surface area contributed by atoms with E-state index < -0.39 is 12.7 Å². The Morgan fingerprint density at radius 3 is 2.57 bits per heavy atom. The molecule has 6 heteroatoms. The second-order valence-electron chi connectivity index (χ2n) is 6.92. The molecule has 0 amide bonds. The van der Waals surface area contributed by atoms with E-state index in [9.17, 15) is 13.2 Å². The third kappa shape index (κ3) is 2.64. The van der Waals surface area contributed by atoms with E-state index >= 15 is 0 Å². The summed E-state index contributed by atoms with van der Waals surface area (Å²) in [6, 6.07) is 0.435. The van der Waals surface area contributed by atoms with Gasteiger partial charge in [-0.3, -0.25) is 4.68 Å². The largest absolute Gasteiger partial charge is 0.408 e. The lowest BCUT2D eigenvalue weighted by Gasteiger charge is -2.24. The smallest absolute Gasteiger partial charge is 0.379 e. The van der Waals surface area contributed by atoms with Crippen molar-refractivity contribution in [2.24, 2.45) is 11.8 Å². The van der Waals surface area contributed by atoms with Crippen LogP contribution in [0.1, 0.15) is 50.1 Å². The fraction of sp³-hybridized carbons (Fsp3) is 0.800. The first-order valence-corrected chi connectivity index (χ1v) is 7.88. The molecule has 1 heterocycles. The van der Waals surface area contributed by atoms with E-state index in [2.05, 4.69) is 10.4 Å². The summed E-state index contributed by atoms with van der Waals surface area (Å²) in [5, 5.41) is 7.52. The third-order valence-electron chi connectivity index (χ3n) is 5.25. The van der Waals surface area contributed by atoms with Crippen LogP contribution in [0.5, 0.6) is 0 Å². The minimum absolute atomic E-state index is 0.260. The molecule has 1 N–H and O–H groups in total. The topological polar surface area (TPSA) is 29.9 Å². The zero-order valence-electron chi connectivity index (χ0n) is 11.9. The molecule has 3 atom stereocenters. The molecular weight excluding hydrogens is 279 g/mol. The average molecular weight is 299 g/mol. The monoisotopic (exact) mass is 299 g/mol. The Morgan fingerprint density at radius 2 is 2.00 bits per heavy atom. The van der Waals surface area contributed by atoms with Crippen molar-refractivity contribution in [1.29, 1.82) is 0 Å². The van der Waals surface area contributed by atoms with Crippen molar-refractivity contribution in [3.8, 4) is 0 Å². The Kier molecular flexibility index (Phi) is 2.98. The summed E-state index contributed by atoms with van der Waals surface area (Å²) in [7, 11) is 0. The van der Waals surface area contributed by atoms with E-state index in [1.54, 1.807) is 6.20 Å². The lowest BCUT2D eigenvalue weighted by Crippen LogP contribution is -2.26. The molecule has 3 saturated carbocycles. The molecule has 4 rings (SSSR count). The van der Waals surface area contributed by atoms with Gasteiger partial charge in [-0.2, -0.15) is 18.3 Å². The van der Waals surface area contributed by atoms with Gasteiger partial charge in [0.25, 0.3) is 0 Å². The van der Waals surface area contributed by atoms with Crippen molar-refractivity contribution in [2.75, 3.05) is 5.32 Å². The molecule has 0 spiro atoms. The number of hydrogen-bond donors (Lipinski definition) is 1. The van der Waals surface area contributed by atoms with Crippen LogP contribution in [0, 0.1) is 11.8 Å². The van der Waals surface area contributed by atoms with E-state index in [4.69, 9.17) is 0 Å². The Hall–Kier alpha value is -1.20. The third-order valence-corrected chi connectivity index (χ3v) is 5.25. The lowest BCUT2D eigenvalue weighted by molar-refractivity contribution is -0.143. The molecule has 0 saturated heterocycles. The SMILES string of the molecule is FC(F)(F)Cn1ncc(NC2CC3CCC2C3)c1C1CC1. The summed E-state index contributed by atoms with van der Waals surface area (Å²) in [6.45, 7) is -0.975. The van der Waals surface area contributed by atoms with Crippen LogP contribution >= 0.6 is 0 Å². The van der Waals surface area contributed by atoms with Gasteiger partial charge in [0.1, 0.15) is 6.54 Å². The summed E-state index contributed by atoms with van der Waals surface area (Å²) in [4.78, 5) is 0. The predicted octanol–water partition coefficient (Wildman–Crippen LogP) is 3.92. The number of anilines is 1. The number of nitrogens with zero attached hydrogens (tertiary/aromatic N) is 2. The molecule has 0 radical (unpaired) electrons. The number of aromatic nitrogens is 2. The van der Waals surface area contributed by atoms with E-state index in [-0.39, 0.29) is 5.92 Å². The van der Waals surface area contributed by atoms with Crippen molar-refractivity contribution in [2.45, 2.75) is 63.2 Å². The predicted molar refractivity (Wildman–Crippen MR) is 73.1 cm³/mol. The van der Waals surface area contributed by atoms with Crippen LogP contribution in [-0.4, -0.2) is 22.0 Å². The van der Waals surface area contributed by atoms with Crippen LogP contribution in [0.25, 0.3) is 0 Å². The molecule has 3 aliphatic rings. The number of rotatable bonds is 4. The molecule has 2 bridgehead atoms. The number of fused-ring (bicyclic) bond motifs is 2. The molecule has 3 nitrogen and oxygen atoms in total. The van der Waals surface area contributed by atoms with Gasteiger partial charge in [-0.15, -0.1) is 0 Å². The van der Waals surface area contributed by atoms with E-state index in [1.807, 2.05) is 0 Å². The molecule has 3 aliphatic carbocycles. The number of nitrogens with one attached hydrogen (secondary N) is 1. The van der Waals surface area contributed by atoms with E-state index in [0.717, 1.165) is 34.8 Å². The van der Waals surface area contributed by atoms with Crippen LogP contribution in [-0.2, 0) is 6.54 Å². The second kappa shape index (κ2) is 4.65. The fourth-order valence-corrected chi connectivity index (χ4v) is 4.21. The first-order chi connectivity index (χ1) is 9.99. The van der Waals surface area contributed by atoms with Gasteiger partial charge in [0, 0.05) is 12.0 Å². The lowest BCUT2D eigenvalue weighted by atomic mass is 9.95. The number of hydrogen-bond acceptors (Lipinski definition) is 2. The summed E-state index contributed by atoms with van der Waals surface area (Å²) in [6.07, 6.45) is 4.39. The highest BCUT2D eigenvalue weighted by Gasteiger charge is 2.41. The van der Waals surface area contributed by atoms with Crippen molar-refractivity contribution in [3.05, 3.63) is 11.9 Å². The summed E-state index contributed by atoms with van der Waals surface area (Å²) in [5.74, 6) is 1.78. The first kappa shape index (κ1) is 13.5. The summed E-state index contributed by atoms with van der Waals surface area (Å²) in [5.41, 5.74) is 1.62. The van der Waals surface area contributed by atoms with Crippen LogP contribution in [0.2, 0.25) is 0 Å². The molecule has 3 unspecified atom stereocenters. The zero-order chi connectivity index (χ0) is 14.6. The van der Waals surface area contributed by atoms with E-state index in [1.165, 1.54) is 25.7 Å². The van der Waals surface area contributed by atoms with Crippen molar-refractivity contribution in [3.63, 3.8) is 0 Å². The highest BCUT2D eigenvalue weighted by molar-refractivity contribution is 5.51. The van der Waals surface area contributed by atoms with Crippen molar-refractivity contribution < 1.29 is 13.2 Å². The molecule has 1 aromatic rings. The van der Waals surface area contributed by atoms with Crippen LogP contribution in [0.3, 0.4) is 0 Å². The Morgan fingerprint density at radius 1 is 1.19 bits per heavy atom. The minimum atomic E-state index is -4.21. The molecule has 21 heavy (non-hydrogen) atoms. The van der Waals surface area contributed by atoms with Gasteiger partial charge >= 0.3 is 6.18 Å². The van der Waals surface area contributed by atoms with Gasteiger partial charge in [-0.1, -0.05) is 6.42 Å². The Bertz CT molecular complexity index is 533. The quantitative estimate of drug-likeness (QED) is 0.913. The van der Waals surface area contributed by atoms with Gasteiger partial charge in [0.15, 0.2) is 0 Å². The number of alkyl halides is 3. The van der Waals surface area contributed by atoms with Crippen LogP contribution < -0.4 is 5.32 Å².